The molecule has 4 rings (SSSR count). The highest BCUT2D eigenvalue weighted by Gasteiger charge is 2.56. The maximum Gasteiger partial charge on any atom is 0.322 e. The van der Waals surface area contributed by atoms with Crippen LogP contribution in [0.1, 0.15) is 25.3 Å². The van der Waals surface area contributed by atoms with Gasteiger partial charge in [-0.3, -0.25) is 0 Å². The monoisotopic (exact) mass is 360 g/mol. The van der Waals surface area contributed by atoms with Crippen LogP contribution in [0.2, 0.25) is 0 Å². The van der Waals surface area contributed by atoms with E-state index in [1.165, 1.54) is 0 Å². The van der Waals surface area contributed by atoms with Gasteiger partial charge in [-0.15, -0.1) is 0 Å². The number of carbonyl (C=O) groups excluding carboxylic acids is 1. The van der Waals surface area contributed by atoms with Gasteiger partial charge in [0.1, 0.15) is 0 Å². The molecular formula is C20H28N2O4. The molecule has 0 spiro atoms. The molecule has 3 fully saturated rings. The molecule has 2 amide bonds. The van der Waals surface area contributed by atoms with Crippen LogP contribution in [0.25, 0.3) is 0 Å². The minimum atomic E-state index is -0.790. The summed E-state index contributed by atoms with van der Waals surface area (Å²) in [7, 11) is 0. The van der Waals surface area contributed by atoms with Gasteiger partial charge < -0.3 is 24.8 Å². The molecule has 26 heavy (non-hydrogen) atoms. The van der Waals surface area contributed by atoms with Crippen LogP contribution in [0, 0.1) is 11.8 Å². The Balaban J connectivity index is 1.58. The first-order valence-electron chi connectivity index (χ1n) is 9.67. The zero-order valence-corrected chi connectivity index (χ0v) is 15.3. The second-order valence-corrected chi connectivity index (χ2v) is 7.64. The summed E-state index contributed by atoms with van der Waals surface area (Å²) >= 11 is 0. The number of piperidine rings is 1. The maximum atomic E-state index is 13.1. The van der Waals surface area contributed by atoms with Crippen molar-refractivity contribution in [3.63, 3.8) is 0 Å². The van der Waals surface area contributed by atoms with E-state index >= 15 is 0 Å². The van der Waals surface area contributed by atoms with Crippen molar-refractivity contribution < 1.29 is 19.4 Å². The Bertz CT molecular complexity index is 667. The zero-order valence-electron chi connectivity index (χ0n) is 15.3. The smallest absolute Gasteiger partial charge is 0.322 e. The summed E-state index contributed by atoms with van der Waals surface area (Å²) in [5.74, 6) is -0.113. The van der Waals surface area contributed by atoms with Crippen LogP contribution in [0.3, 0.4) is 0 Å². The minimum Gasteiger partial charge on any atom is -0.389 e. The van der Waals surface area contributed by atoms with Gasteiger partial charge in [0, 0.05) is 49.7 Å². The molecule has 3 heterocycles. The van der Waals surface area contributed by atoms with Gasteiger partial charge in [-0.25, -0.2) is 4.79 Å². The van der Waals surface area contributed by atoms with E-state index in [1.54, 1.807) is 0 Å². The van der Waals surface area contributed by atoms with Crippen LogP contribution in [0.4, 0.5) is 10.5 Å². The molecule has 0 unspecified atom stereocenters. The van der Waals surface area contributed by atoms with E-state index in [2.05, 4.69) is 12.2 Å². The number of aliphatic hydroxyl groups is 1. The average Bonchev–Trinajstić information content (AvgIpc) is 2.68. The number of rotatable bonds is 2. The predicted octanol–water partition coefficient (Wildman–Crippen LogP) is 2.27. The van der Waals surface area contributed by atoms with Gasteiger partial charge in [0.2, 0.25) is 0 Å². The zero-order chi connectivity index (χ0) is 18.1. The molecule has 0 aliphatic carbocycles. The molecule has 3 aliphatic rings. The second kappa shape index (κ2) is 7.18. The molecule has 0 saturated carbocycles. The van der Waals surface area contributed by atoms with Crippen LogP contribution in [-0.2, 0) is 15.9 Å². The summed E-state index contributed by atoms with van der Waals surface area (Å²) in [4.78, 5) is 15.0. The lowest BCUT2D eigenvalue weighted by atomic mass is 9.66. The fraction of sp³-hybridized carbons (Fsp3) is 0.650. The molecule has 3 aliphatic heterocycles. The molecule has 2 N–H and O–H groups in total. The fourth-order valence-electron chi connectivity index (χ4n) is 4.83. The van der Waals surface area contributed by atoms with Crippen LogP contribution in [-0.4, -0.2) is 60.7 Å². The van der Waals surface area contributed by atoms with Crippen LogP contribution < -0.4 is 5.32 Å². The van der Waals surface area contributed by atoms with Gasteiger partial charge in [-0.05, 0) is 24.5 Å². The van der Waals surface area contributed by atoms with Crippen LogP contribution in [0.15, 0.2) is 24.3 Å². The largest absolute Gasteiger partial charge is 0.389 e. The van der Waals surface area contributed by atoms with Crippen LogP contribution >= 0.6 is 0 Å². The highest BCUT2D eigenvalue weighted by atomic mass is 16.5. The number of benzene rings is 1. The Morgan fingerprint density at radius 2 is 2.12 bits per heavy atom. The van der Waals surface area contributed by atoms with Crippen molar-refractivity contribution in [1.29, 1.82) is 0 Å². The Morgan fingerprint density at radius 3 is 2.96 bits per heavy atom. The molecule has 6 nitrogen and oxygen atoms in total. The van der Waals surface area contributed by atoms with Crippen molar-refractivity contribution in [2.45, 2.75) is 37.8 Å². The molecule has 0 radical (unpaired) electrons. The molecule has 0 aromatic heterocycles. The summed E-state index contributed by atoms with van der Waals surface area (Å²) in [6.45, 7) is 4.82. The number of aryl methyl sites for hydroxylation is 1. The van der Waals surface area contributed by atoms with E-state index in [4.69, 9.17) is 9.47 Å². The first kappa shape index (κ1) is 17.8. The Hall–Kier alpha value is -1.63. The molecule has 1 aromatic carbocycles. The minimum absolute atomic E-state index is 0.0110. The molecular weight excluding hydrogens is 332 g/mol. The Kier molecular flexibility index (Phi) is 4.90. The molecule has 4 atom stereocenters. The number of anilines is 1. The summed E-state index contributed by atoms with van der Waals surface area (Å²) in [6.07, 6.45) is 2.26. The van der Waals surface area contributed by atoms with Gasteiger partial charge >= 0.3 is 6.03 Å². The van der Waals surface area contributed by atoms with Gasteiger partial charge in [0.25, 0.3) is 0 Å². The first-order valence-corrected chi connectivity index (χ1v) is 9.67. The number of nitrogens with zero attached hydrogens (tertiary/aromatic N) is 1. The van der Waals surface area contributed by atoms with E-state index in [0.717, 1.165) is 24.1 Å². The fourth-order valence-corrected chi connectivity index (χ4v) is 4.83. The van der Waals surface area contributed by atoms with Crippen molar-refractivity contribution in [2.75, 3.05) is 38.3 Å². The normalized spacial score (nSPS) is 33.9. The van der Waals surface area contributed by atoms with Gasteiger partial charge in [-0.2, -0.15) is 0 Å². The lowest BCUT2D eigenvalue weighted by Gasteiger charge is -2.56. The summed E-state index contributed by atoms with van der Waals surface area (Å²) in [5, 5.41) is 14.4. The van der Waals surface area contributed by atoms with E-state index in [0.29, 0.717) is 39.4 Å². The summed E-state index contributed by atoms with van der Waals surface area (Å²) in [5.41, 5.74) is 1.20. The Labute approximate surface area is 154 Å². The highest BCUT2D eigenvalue weighted by Crippen LogP contribution is 2.44. The lowest BCUT2D eigenvalue weighted by molar-refractivity contribution is -0.211. The van der Waals surface area contributed by atoms with Crippen molar-refractivity contribution in [2.24, 2.45) is 11.8 Å². The number of amides is 2. The number of carbonyl (C=O) groups is 1. The Morgan fingerprint density at radius 1 is 1.31 bits per heavy atom. The average molecular weight is 360 g/mol. The number of ether oxygens (including phenoxy) is 2. The third-order valence-electron chi connectivity index (χ3n) is 6.35. The van der Waals surface area contributed by atoms with E-state index in [1.807, 2.05) is 29.2 Å². The number of hydrogen-bond donors (Lipinski definition) is 2. The first-order chi connectivity index (χ1) is 12.6. The second-order valence-electron chi connectivity index (χ2n) is 7.64. The van der Waals surface area contributed by atoms with Crippen molar-refractivity contribution >= 4 is 11.7 Å². The van der Waals surface area contributed by atoms with E-state index in [-0.39, 0.29) is 23.9 Å². The molecule has 0 bridgehead atoms. The number of nitrogens with one attached hydrogen (secondary N) is 1. The number of hydrogen-bond acceptors (Lipinski definition) is 4. The van der Waals surface area contributed by atoms with E-state index < -0.39 is 5.60 Å². The molecule has 1 aromatic rings. The summed E-state index contributed by atoms with van der Waals surface area (Å²) < 4.78 is 11.3. The quantitative estimate of drug-likeness (QED) is 0.849. The van der Waals surface area contributed by atoms with Gasteiger partial charge in [-0.1, -0.05) is 25.1 Å². The van der Waals surface area contributed by atoms with Gasteiger partial charge in [0.05, 0.1) is 18.8 Å². The maximum absolute atomic E-state index is 13.1. The topological polar surface area (TPSA) is 71.0 Å². The predicted molar refractivity (Wildman–Crippen MR) is 98.1 cm³/mol. The van der Waals surface area contributed by atoms with Crippen LogP contribution in [0.5, 0.6) is 0 Å². The third-order valence-corrected chi connectivity index (χ3v) is 6.35. The number of likely N-dealkylation sites (tertiary alicyclic amines) is 1. The highest BCUT2D eigenvalue weighted by molar-refractivity contribution is 5.90. The standard InChI is InChI=1S/C20H28N2O4/c1-2-14-5-3-4-6-17(14)21-19(23)22-11-15-12-26-10-8-20(15,24)16-13-25-9-7-18(16)22/h3-6,15-16,18,24H,2,7-13H2,1H3,(H,21,23)/t15-,16+,18-,20-/m0/s1. The molecule has 6 heteroatoms. The number of para-hydroxylation sites is 1. The van der Waals surface area contributed by atoms with Crippen molar-refractivity contribution in [3.8, 4) is 0 Å². The summed E-state index contributed by atoms with van der Waals surface area (Å²) in [6, 6.07) is 7.84. The van der Waals surface area contributed by atoms with Crippen molar-refractivity contribution in [1.82, 2.24) is 4.90 Å². The SMILES string of the molecule is CCc1ccccc1NC(=O)N1C[C@H]2COCC[C@@]2(O)[C@@H]2COCC[C@@H]21. The molecule has 3 saturated heterocycles. The third kappa shape index (κ3) is 3.00. The van der Waals surface area contributed by atoms with Crippen molar-refractivity contribution in [3.05, 3.63) is 29.8 Å². The van der Waals surface area contributed by atoms with E-state index in [9.17, 15) is 9.90 Å². The van der Waals surface area contributed by atoms with Gasteiger partial charge in [0.15, 0.2) is 0 Å². The molecule has 142 valence electrons. The number of fused-ring (bicyclic) bond motifs is 3. The number of urea groups is 1. The lowest BCUT2D eigenvalue weighted by Crippen LogP contribution is -2.69.